The van der Waals surface area contributed by atoms with E-state index in [0.29, 0.717) is 55.0 Å². The molecule has 1 aliphatic carbocycles. The van der Waals surface area contributed by atoms with Gasteiger partial charge in [-0.05, 0) is 60.2 Å². The van der Waals surface area contributed by atoms with Crippen LogP contribution in [0.4, 0.5) is 0 Å². The molecule has 10 nitrogen and oxygen atoms in total. The Morgan fingerprint density at radius 1 is 1.05 bits per heavy atom. The van der Waals surface area contributed by atoms with Crippen LogP contribution in [-0.2, 0) is 22.6 Å². The van der Waals surface area contributed by atoms with E-state index < -0.39 is 12.1 Å². The molecule has 212 valence electrons. The van der Waals surface area contributed by atoms with Crippen molar-refractivity contribution in [2.45, 2.75) is 38.0 Å². The van der Waals surface area contributed by atoms with E-state index in [0.717, 1.165) is 24.0 Å². The van der Waals surface area contributed by atoms with Crippen LogP contribution in [0.2, 0.25) is 0 Å². The van der Waals surface area contributed by atoms with Gasteiger partial charge in [0.25, 0.3) is 11.8 Å². The van der Waals surface area contributed by atoms with Gasteiger partial charge in [-0.1, -0.05) is 18.2 Å². The number of pyridine rings is 1. The van der Waals surface area contributed by atoms with Crippen molar-refractivity contribution in [3.8, 4) is 17.2 Å². The molecule has 0 unspecified atom stereocenters. The number of likely N-dealkylation sites (tertiary alicyclic amines) is 1. The van der Waals surface area contributed by atoms with Gasteiger partial charge in [0.2, 0.25) is 5.91 Å². The SMILES string of the molecule is O=C1COc2cc(OCC3CC3)cc(c2)C(=O)N[C@H]2CN(C(=O)Cc3cccnc3)C[C@@H]2Oc2ccc(cc2)CN1. The lowest BCUT2D eigenvalue weighted by molar-refractivity contribution is -0.129. The van der Waals surface area contributed by atoms with Gasteiger partial charge >= 0.3 is 0 Å². The quantitative estimate of drug-likeness (QED) is 0.496. The van der Waals surface area contributed by atoms with E-state index in [9.17, 15) is 14.4 Å². The zero-order valence-corrected chi connectivity index (χ0v) is 22.6. The highest BCUT2D eigenvalue weighted by Crippen LogP contribution is 2.31. The van der Waals surface area contributed by atoms with Crippen LogP contribution >= 0.6 is 0 Å². The predicted octanol–water partition coefficient (Wildman–Crippen LogP) is 2.51. The number of nitrogens with zero attached hydrogens (tertiary/aromatic N) is 2. The maximum Gasteiger partial charge on any atom is 0.258 e. The van der Waals surface area contributed by atoms with E-state index in [1.807, 2.05) is 30.3 Å². The highest BCUT2D eigenvalue weighted by molar-refractivity contribution is 5.95. The standard InChI is InChI=1S/C31H32N4O6/c36-29-19-40-26-12-23(11-25(13-26)39-18-21-3-4-21)31(38)34-27-16-35(30(37)10-22-2-1-9-32-14-22)17-28(27)41-24-7-5-20(6-8-24)15-33-29/h1-2,5-9,11-14,21,27-28H,3-4,10,15-19H2,(H,33,36)(H,34,38)/t27-,28-/m0/s1. The van der Waals surface area contributed by atoms with Crippen LogP contribution in [-0.4, -0.2) is 66.1 Å². The van der Waals surface area contributed by atoms with Crippen LogP contribution in [0.5, 0.6) is 17.2 Å². The first-order valence-electron chi connectivity index (χ1n) is 13.9. The maximum absolute atomic E-state index is 13.6. The molecule has 3 amide bonds. The fourth-order valence-electron chi connectivity index (χ4n) is 4.91. The van der Waals surface area contributed by atoms with Crippen LogP contribution in [0.3, 0.4) is 0 Å². The summed E-state index contributed by atoms with van der Waals surface area (Å²) in [5.74, 6) is 1.30. The summed E-state index contributed by atoms with van der Waals surface area (Å²) < 4.78 is 18.0. The molecule has 0 spiro atoms. The van der Waals surface area contributed by atoms with Gasteiger partial charge in [-0.15, -0.1) is 0 Å². The first-order chi connectivity index (χ1) is 20.0. The molecular weight excluding hydrogens is 524 g/mol. The number of hydrogen-bond donors (Lipinski definition) is 2. The third-order valence-electron chi connectivity index (χ3n) is 7.41. The fourth-order valence-corrected chi connectivity index (χ4v) is 4.91. The summed E-state index contributed by atoms with van der Waals surface area (Å²) in [7, 11) is 0. The minimum Gasteiger partial charge on any atom is -0.493 e. The predicted molar refractivity (Wildman–Crippen MR) is 149 cm³/mol. The summed E-state index contributed by atoms with van der Waals surface area (Å²) in [6.45, 7) is 1.32. The van der Waals surface area contributed by atoms with Crippen molar-refractivity contribution >= 4 is 17.7 Å². The first kappa shape index (κ1) is 26.6. The molecule has 2 aromatic carbocycles. The Hall–Kier alpha value is -4.60. The largest absolute Gasteiger partial charge is 0.493 e. The number of ether oxygens (including phenoxy) is 3. The highest BCUT2D eigenvalue weighted by atomic mass is 16.5. The van der Waals surface area contributed by atoms with Gasteiger partial charge < -0.3 is 29.7 Å². The van der Waals surface area contributed by atoms with Gasteiger partial charge in [0.1, 0.15) is 23.4 Å². The summed E-state index contributed by atoms with van der Waals surface area (Å²) in [5, 5.41) is 5.92. The molecule has 1 aromatic heterocycles. The van der Waals surface area contributed by atoms with Gasteiger partial charge in [-0.25, -0.2) is 0 Å². The average Bonchev–Trinajstić information content (AvgIpc) is 3.74. The van der Waals surface area contributed by atoms with Crippen LogP contribution < -0.4 is 24.8 Å². The monoisotopic (exact) mass is 556 g/mol. The van der Waals surface area contributed by atoms with Gasteiger partial charge in [0.05, 0.1) is 25.6 Å². The second-order valence-electron chi connectivity index (χ2n) is 10.7. The lowest BCUT2D eigenvalue weighted by Gasteiger charge is -2.21. The zero-order valence-electron chi connectivity index (χ0n) is 22.6. The summed E-state index contributed by atoms with van der Waals surface area (Å²) >= 11 is 0. The molecule has 4 bridgehead atoms. The van der Waals surface area contributed by atoms with Gasteiger partial charge in [-0.3, -0.25) is 19.4 Å². The van der Waals surface area contributed by atoms with Gasteiger partial charge in [0.15, 0.2) is 6.61 Å². The minimum atomic E-state index is -0.469. The molecule has 3 aromatic rings. The molecule has 2 fully saturated rings. The molecule has 4 aliphatic rings. The lowest BCUT2D eigenvalue weighted by atomic mass is 10.1. The van der Waals surface area contributed by atoms with E-state index in [1.54, 1.807) is 41.6 Å². The molecule has 0 radical (unpaired) electrons. The van der Waals surface area contributed by atoms with Crippen molar-refractivity contribution < 1.29 is 28.6 Å². The molecule has 41 heavy (non-hydrogen) atoms. The Balaban J connectivity index is 1.26. The molecule has 1 saturated heterocycles. The number of carbonyl (C=O) groups excluding carboxylic acids is 3. The van der Waals surface area contributed by atoms with Crippen LogP contribution in [0.25, 0.3) is 0 Å². The smallest absolute Gasteiger partial charge is 0.258 e. The number of amides is 3. The summed E-state index contributed by atoms with van der Waals surface area (Å²) in [6, 6.07) is 15.6. The Kier molecular flexibility index (Phi) is 7.71. The van der Waals surface area contributed by atoms with Crippen molar-refractivity contribution in [1.29, 1.82) is 0 Å². The normalized spacial score (nSPS) is 20.6. The van der Waals surface area contributed by atoms with Crippen molar-refractivity contribution in [2.24, 2.45) is 5.92 Å². The maximum atomic E-state index is 13.6. The molecule has 7 rings (SSSR count). The van der Waals surface area contributed by atoms with Crippen molar-refractivity contribution in [1.82, 2.24) is 20.5 Å². The fraction of sp³-hybridized carbons (Fsp3) is 0.355. The molecule has 2 N–H and O–H groups in total. The van der Waals surface area contributed by atoms with E-state index in [2.05, 4.69) is 15.6 Å². The number of fused-ring (bicyclic) bond motifs is 7. The number of aromatic nitrogens is 1. The zero-order chi connectivity index (χ0) is 28.2. The number of hydrogen-bond acceptors (Lipinski definition) is 7. The van der Waals surface area contributed by atoms with Crippen LogP contribution in [0.1, 0.15) is 34.3 Å². The Morgan fingerprint density at radius 3 is 2.68 bits per heavy atom. The van der Waals surface area contributed by atoms with Crippen molar-refractivity contribution in [3.05, 3.63) is 83.7 Å². The number of rotatable bonds is 5. The van der Waals surface area contributed by atoms with Crippen LogP contribution in [0, 0.1) is 5.92 Å². The first-order valence-corrected chi connectivity index (χ1v) is 13.9. The number of benzene rings is 2. The highest BCUT2D eigenvalue weighted by Gasteiger charge is 2.38. The van der Waals surface area contributed by atoms with Gasteiger partial charge in [0, 0.05) is 37.1 Å². The second kappa shape index (κ2) is 11.9. The van der Waals surface area contributed by atoms with Crippen LogP contribution in [0.15, 0.2) is 67.0 Å². The molecule has 10 heteroatoms. The van der Waals surface area contributed by atoms with Crippen molar-refractivity contribution in [2.75, 3.05) is 26.3 Å². The van der Waals surface area contributed by atoms with E-state index in [-0.39, 0.29) is 30.7 Å². The Labute approximate surface area is 238 Å². The Morgan fingerprint density at radius 2 is 1.90 bits per heavy atom. The third kappa shape index (κ3) is 6.95. The summed E-state index contributed by atoms with van der Waals surface area (Å²) in [6.07, 6.45) is 5.35. The van der Waals surface area contributed by atoms with E-state index in [1.165, 1.54) is 0 Å². The Bertz CT molecular complexity index is 1410. The molecule has 2 atom stereocenters. The summed E-state index contributed by atoms with van der Waals surface area (Å²) in [4.78, 5) is 45.0. The average molecular weight is 557 g/mol. The number of nitrogens with one attached hydrogen (secondary N) is 2. The second-order valence-corrected chi connectivity index (χ2v) is 10.7. The van der Waals surface area contributed by atoms with E-state index in [4.69, 9.17) is 14.2 Å². The summed E-state index contributed by atoms with van der Waals surface area (Å²) in [5.41, 5.74) is 2.06. The molecule has 3 aliphatic heterocycles. The molecule has 4 heterocycles. The van der Waals surface area contributed by atoms with Gasteiger partial charge in [-0.2, -0.15) is 0 Å². The third-order valence-corrected chi connectivity index (χ3v) is 7.41. The molecule has 1 saturated carbocycles. The lowest BCUT2D eigenvalue weighted by Crippen LogP contribution is -2.45. The van der Waals surface area contributed by atoms with Crippen molar-refractivity contribution in [3.63, 3.8) is 0 Å². The topological polar surface area (TPSA) is 119 Å². The minimum absolute atomic E-state index is 0.0669. The van der Waals surface area contributed by atoms with E-state index >= 15 is 0 Å². The number of carbonyl (C=O) groups is 3. The molecular formula is C31H32N4O6.